The lowest BCUT2D eigenvalue weighted by molar-refractivity contribution is -0.136. The minimum absolute atomic E-state index is 0.0388. The normalized spacial score (nSPS) is 14.6. The molecular weight excluding hydrogens is 659 g/mol. The van der Waals surface area contributed by atoms with Gasteiger partial charge < -0.3 is 9.15 Å². The van der Waals surface area contributed by atoms with Crippen LogP contribution in [0.2, 0.25) is 15.1 Å². The zero-order chi connectivity index (χ0) is 32.5. The van der Waals surface area contributed by atoms with Gasteiger partial charge in [-0.3, -0.25) is 9.69 Å². The van der Waals surface area contributed by atoms with Gasteiger partial charge >= 0.3 is 5.97 Å². The number of sulfonamides is 1. The van der Waals surface area contributed by atoms with E-state index in [1.165, 1.54) is 46.7 Å². The lowest BCUT2D eigenvalue weighted by Gasteiger charge is -2.22. The molecule has 0 radical (unpaired) electrons. The highest BCUT2D eigenvalue weighted by molar-refractivity contribution is 7.89. The molecule has 8 nitrogen and oxygen atoms in total. The minimum atomic E-state index is -4.04. The van der Waals surface area contributed by atoms with Crippen LogP contribution in [0.1, 0.15) is 29.6 Å². The second-order valence-electron chi connectivity index (χ2n) is 10.3. The Kier molecular flexibility index (Phi) is 9.57. The lowest BCUT2D eigenvalue weighted by Crippen LogP contribution is -2.30. The monoisotopic (exact) mass is 684 g/mol. The quantitative estimate of drug-likeness (QED) is 0.132. The van der Waals surface area contributed by atoms with Crippen LogP contribution in [0.25, 0.3) is 6.08 Å². The third-order valence-electron chi connectivity index (χ3n) is 7.18. The number of hydrogen-bond acceptors (Lipinski definition) is 6. The average Bonchev–Trinajstić information content (AvgIpc) is 3.55. The molecule has 0 spiro atoms. The Balaban J connectivity index is 1.49. The number of amides is 1. The summed E-state index contributed by atoms with van der Waals surface area (Å²) in [5.74, 6) is -0.566. The number of nitrogens with zero attached hydrogens (tertiary/aromatic N) is 2. The molecule has 0 atom stereocenters. The van der Waals surface area contributed by atoms with Crippen LogP contribution in [0.4, 0.5) is 5.69 Å². The average molecular weight is 686 g/mol. The number of anilines is 1. The van der Waals surface area contributed by atoms with Crippen molar-refractivity contribution in [3.05, 3.63) is 133 Å². The summed E-state index contributed by atoms with van der Waals surface area (Å²) in [6, 6.07) is 21.3. The highest BCUT2D eigenvalue weighted by Gasteiger charge is 2.38. The van der Waals surface area contributed by atoms with E-state index in [1.54, 1.807) is 49.4 Å². The zero-order valence-corrected chi connectivity index (χ0v) is 27.5. The van der Waals surface area contributed by atoms with Crippen molar-refractivity contribution in [2.75, 3.05) is 12.0 Å². The van der Waals surface area contributed by atoms with E-state index in [9.17, 15) is 18.0 Å². The summed E-state index contributed by atoms with van der Waals surface area (Å²) >= 11 is 18.3. The third kappa shape index (κ3) is 6.88. The molecule has 1 aromatic heterocycles. The Labute approximate surface area is 276 Å². The first-order valence-electron chi connectivity index (χ1n) is 13.6. The number of methoxy groups -OCH3 is 1. The van der Waals surface area contributed by atoms with Crippen LogP contribution in [0.15, 0.2) is 105 Å². The van der Waals surface area contributed by atoms with Crippen LogP contribution in [0, 0.1) is 6.92 Å². The first-order valence-corrected chi connectivity index (χ1v) is 16.2. The van der Waals surface area contributed by atoms with E-state index in [0.29, 0.717) is 32.8 Å². The molecular formula is C33H27Cl3N2O6S. The topological polar surface area (TPSA) is 97.1 Å². The fourth-order valence-corrected chi connectivity index (χ4v) is 6.72. The van der Waals surface area contributed by atoms with Gasteiger partial charge in [-0.2, -0.15) is 4.31 Å². The van der Waals surface area contributed by atoms with Gasteiger partial charge in [0.25, 0.3) is 5.91 Å². The summed E-state index contributed by atoms with van der Waals surface area (Å²) in [6.07, 6.45) is 1.45. The number of esters is 1. The van der Waals surface area contributed by atoms with Crippen LogP contribution in [0.5, 0.6) is 0 Å². The minimum Gasteiger partial charge on any atom is -0.465 e. The van der Waals surface area contributed by atoms with Gasteiger partial charge in [-0.05, 0) is 86.2 Å². The van der Waals surface area contributed by atoms with Crippen LogP contribution in [-0.4, -0.2) is 31.7 Å². The molecule has 0 bridgehead atoms. The van der Waals surface area contributed by atoms with Crippen molar-refractivity contribution in [3.8, 4) is 0 Å². The van der Waals surface area contributed by atoms with Crippen molar-refractivity contribution in [2.45, 2.75) is 31.8 Å². The molecule has 45 heavy (non-hydrogen) atoms. The van der Waals surface area contributed by atoms with Crippen molar-refractivity contribution in [3.63, 3.8) is 0 Å². The van der Waals surface area contributed by atoms with Gasteiger partial charge in [0.2, 0.25) is 10.0 Å². The van der Waals surface area contributed by atoms with Crippen molar-refractivity contribution in [1.29, 1.82) is 0 Å². The van der Waals surface area contributed by atoms with Crippen molar-refractivity contribution >= 4 is 68.5 Å². The number of furan rings is 1. The Bertz CT molecular complexity index is 1950. The number of aryl methyl sites for hydroxylation is 1. The molecule has 4 aromatic rings. The molecule has 1 amide bonds. The van der Waals surface area contributed by atoms with Crippen molar-refractivity contribution in [2.24, 2.45) is 0 Å². The van der Waals surface area contributed by atoms with E-state index < -0.39 is 21.9 Å². The number of hydrogen-bond donors (Lipinski definition) is 0. The summed E-state index contributed by atoms with van der Waals surface area (Å²) in [7, 11) is -2.79. The molecule has 0 N–H and O–H groups in total. The van der Waals surface area contributed by atoms with E-state index in [0.717, 1.165) is 5.56 Å². The van der Waals surface area contributed by atoms with E-state index in [4.69, 9.17) is 44.0 Å². The summed E-state index contributed by atoms with van der Waals surface area (Å²) in [5.41, 5.74) is 2.82. The summed E-state index contributed by atoms with van der Waals surface area (Å²) in [4.78, 5) is 27.9. The molecule has 0 saturated carbocycles. The number of carbonyl (C=O) groups is 2. The number of halogens is 3. The maximum atomic E-state index is 13.8. The third-order valence-corrected chi connectivity index (χ3v) is 9.97. The Morgan fingerprint density at radius 1 is 0.911 bits per heavy atom. The molecule has 0 saturated heterocycles. The SMILES string of the molecule is COC(=O)C1=C(C)N(c2ccc(C)cc2)C(=O)/C1=C/c1ccc(CN(Cc2ccc(Cl)c(Cl)c2)S(=O)(=O)c2ccc(Cl)cc2)o1. The standard InChI is InChI=1S/C33H27Cl3N2O6S/c1-20-4-9-24(10-5-20)38-21(2)31(33(40)43-3)28(32(38)39)17-25-11-12-26(44-25)19-37(18-22-6-15-29(35)30(36)16-22)45(41,42)27-13-7-23(34)8-14-27/h4-17H,18-19H2,1-3H3/b28-17+. The van der Waals surface area contributed by atoms with Gasteiger partial charge in [-0.15, -0.1) is 0 Å². The molecule has 3 aromatic carbocycles. The van der Waals surface area contributed by atoms with Crippen LogP contribution >= 0.6 is 34.8 Å². The Morgan fingerprint density at radius 3 is 2.24 bits per heavy atom. The van der Waals surface area contributed by atoms with Crippen LogP contribution < -0.4 is 4.90 Å². The van der Waals surface area contributed by atoms with Gasteiger partial charge in [0.05, 0.1) is 39.7 Å². The molecule has 1 aliphatic heterocycles. The Morgan fingerprint density at radius 2 is 1.60 bits per heavy atom. The smallest absolute Gasteiger partial charge is 0.340 e. The van der Waals surface area contributed by atoms with E-state index >= 15 is 0 Å². The maximum Gasteiger partial charge on any atom is 0.340 e. The van der Waals surface area contributed by atoms with E-state index in [-0.39, 0.29) is 39.9 Å². The first-order chi connectivity index (χ1) is 21.4. The number of ether oxygens (including phenoxy) is 1. The van der Waals surface area contributed by atoms with Gasteiger partial charge in [-0.1, -0.05) is 58.6 Å². The maximum absolute atomic E-state index is 13.8. The molecule has 12 heteroatoms. The van der Waals surface area contributed by atoms with Gasteiger partial charge in [-0.25, -0.2) is 13.2 Å². The molecule has 0 aliphatic carbocycles. The molecule has 0 unspecified atom stereocenters. The first kappa shape index (κ1) is 32.5. The van der Waals surface area contributed by atoms with Crippen LogP contribution in [0.3, 0.4) is 0 Å². The summed E-state index contributed by atoms with van der Waals surface area (Å²) in [5, 5.41) is 1.02. The summed E-state index contributed by atoms with van der Waals surface area (Å²) < 4.78 is 39.8. The van der Waals surface area contributed by atoms with Crippen molar-refractivity contribution in [1.82, 2.24) is 4.31 Å². The second-order valence-corrected chi connectivity index (χ2v) is 13.5. The molecule has 1 aliphatic rings. The summed E-state index contributed by atoms with van der Waals surface area (Å²) in [6.45, 7) is 3.40. The lowest BCUT2D eigenvalue weighted by atomic mass is 10.1. The molecule has 232 valence electrons. The van der Waals surface area contributed by atoms with Crippen LogP contribution in [-0.2, 0) is 37.4 Å². The second kappa shape index (κ2) is 13.2. The van der Waals surface area contributed by atoms with E-state index in [2.05, 4.69) is 0 Å². The van der Waals surface area contributed by atoms with Gasteiger partial charge in [0, 0.05) is 23.0 Å². The zero-order valence-electron chi connectivity index (χ0n) is 24.4. The van der Waals surface area contributed by atoms with Gasteiger partial charge in [0.15, 0.2) is 0 Å². The predicted molar refractivity (Wildman–Crippen MR) is 174 cm³/mol. The number of benzene rings is 3. The number of allylic oxidation sites excluding steroid dienone is 1. The van der Waals surface area contributed by atoms with Crippen molar-refractivity contribution < 1.29 is 27.2 Å². The molecule has 0 fully saturated rings. The van der Waals surface area contributed by atoms with E-state index in [1.807, 2.05) is 19.1 Å². The number of rotatable bonds is 9. The highest BCUT2D eigenvalue weighted by Crippen LogP contribution is 2.36. The fraction of sp³-hybridized carbons (Fsp3) is 0.152. The molecule has 5 rings (SSSR count). The molecule has 2 heterocycles. The Hall–Kier alpha value is -3.86. The predicted octanol–water partition coefficient (Wildman–Crippen LogP) is 7.82. The largest absolute Gasteiger partial charge is 0.465 e. The van der Waals surface area contributed by atoms with Gasteiger partial charge in [0.1, 0.15) is 11.5 Å². The highest BCUT2D eigenvalue weighted by atomic mass is 35.5. The number of carbonyl (C=O) groups excluding carboxylic acids is 2. The fourth-order valence-electron chi connectivity index (χ4n) is 4.88.